The Labute approximate surface area is 103 Å². The van der Waals surface area contributed by atoms with Gasteiger partial charge in [0.05, 0.1) is 6.54 Å². The molecule has 0 spiro atoms. The zero-order valence-corrected chi connectivity index (χ0v) is 10.4. The van der Waals surface area contributed by atoms with E-state index in [1.165, 1.54) is 10.6 Å². The molecule has 2 aromatic rings. The maximum absolute atomic E-state index is 12.0. The normalized spacial score (nSPS) is 10.6. The van der Waals surface area contributed by atoms with Gasteiger partial charge in [-0.2, -0.15) is 0 Å². The average Bonchev–Trinajstić information content (AvgIpc) is 2.81. The summed E-state index contributed by atoms with van der Waals surface area (Å²) in [6.07, 6.45) is 2.44. The molecule has 17 heavy (non-hydrogen) atoms. The number of hydrogen-bond acceptors (Lipinski definition) is 3. The van der Waals surface area contributed by atoms with E-state index in [-0.39, 0.29) is 11.2 Å². The van der Waals surface area contributed by atoms with Gasteiger partial charge < -0.3 is 4.57 Å². The van der Waals surface area contributed by atoms with Gasteiger partial charge in [-0.3, -0.25) is 9.36 Å². The van der Waals surface area contributed by atoms with Crippen LogP contribution in [0.3, 0.4) is 0 Å². The first-order valence-electron chi connectivity index (χ1n) is 5.55. The van der Waals surface area contributed by atoms with Gasteiger partial charge in [0, 0.05) is 23.7 Å². The lowest BCUT2D eigenvalue weighted by Crippen LogP contribution is -2.39. The van der Waals surface area contributed by atoms with Gasteiger partial charge in [0.15, 0.2) is 0 Å². The largest absolute Gasteiger partial charge is 0.331 e. The fourth-order valence-electron chi connectivity index (χ4n) is 1.67. The molecule has 2 heterocycles. The van der Waals surface area contributed by atoms with Crippen LogP contribution in [0, 0.1) is 0 Å². The lowest BCUT2D eigenvalue weighted by molar-refractivity contribution is 0.573. The monoisotopic (exact) mass is 250 g/mol. The Kier molecular flexibility index (Phi) is 3.58. The molecule has 2 rings (SSSR count). The van der Waals surface area contributed by atoms with Crippen molar-refractivity contribution in [2.24, 2.45) is 0 Å². The highest BCUT2D eigenvalue weighted by atomic mass is 32.1. The second kappa shape index (κ2) is 5.14. The molecular formula is C12H14N2O2S. The van der Waals surface area contributed by atoms with Crippen LogP contribution in [0.5, 0.6) is 0 Å². The van der Waals surface area contributed by atoms with Gasteiger partial charge in [-0.1, -0.05) is 13.0 Å². The van der Waals surface area contributed by atoms with Crippen LogP contribution in [-0.4, -0.2) is 9.13 Å². The van der Waals surface area contributed by atoms with E-state index in [0.29, 0.717) is 13.1 Å². The van der Waals surface area contributed by atoms with Crippen molar-refractivity contribution in [3.63, 3.8) is 0 Å². The summed E-state index contributed by atoms with van der Waals surface area (Å²) in [5.74, 6) is 0. The minimum absolute atomic E-state index is 0.229. The average molecular weight is 250 g/mol. The van der Waals surface area contributed by atoms with Gasteiger partial charge in [-0.15, -0.1) is 11.3 Å². The van der Waals surface area contributed by atoms with Gasteiger partial charge in [-0.05, 0) is 17.9 Å². The number of aromatic nitrogens is 2. The topological polar surface area (TPSA) is 44.0 Å². The summed E-state index contributed by atoms with van der Waals surface area (Å²) in [7, 11) is 0. The Morgan fingerprint density at radius 3 is 2.76 bits per heavy atom. The highest BCUT2D eigenvalue weighted by molar-refractivity contribution is 7.09. The molecule has 0 amide bonds. The molecule has 0 aliphatic carbocycles. The molecule has 0 aliphatic heterocycles. The van der Waals surface area contributed by atoms with Gasteiger partial charge in [0.2, 0.25) is 0 Å². The Morgan fingerprint density at radius 1 is 1.29 bits per heavy atom. The Morgan fingerprint density at radius 2 is 2.12 bits per heavy atom. The predicted octanol–water partition coefficient (Wildman–Crippen LogP) is 1.53. The molecular weight excluding hydrogens is 236 g/mol. The van der Waals surface area contributed by atoms with Crippen LogP contribution in [0.4, 0.5) is 0 Å². The molecule has 0 fully saturated rings. The van der Waals surface area contributed by atoms with Crippen LogP contribution < -0.4 is 11.2 Å². The fourth-order valence-corrected chi connectivity index (χ4v) is 2.36. The molecule has 0 unspecified atom stereocenters. The van der Waals surface area contributed by atoms with Crippen molar-refractivity contribution in [2.75, 3.05) is 0 Å². The standard InChI is InChI=1S/C12H14N2O2S/c1-2-6-13-7-5-11(15)14(12(13)16)9-10-4-3-8-17-10/h3-5,7-8H,2,6,9H2,1H3. The van der Waals surface area contributed by atoms with E-state index in [1.54, 1.807) is 22.1 Å². The van der Waals surface area contributed by atoms with E-state index < -0.39 is 0 Å². The second-order valence-corrected chi connectivity index (χ2v) is 4.83. The van der Waals surface area contributed by atoms with Gasteiger partial charge in [0.25, 0.3) is 5.56 Å². The first-order valence-corrected chi connectivity index (χ1v) is 6.43. The molecule has 0 radical (unpaired) electrons. The maximum atomic E-state index is 12.0. The van der Waals surface area contributed by atoms with E-state index in [9.17, 15) is 9.59 Å². The SMILES string of the molecule is CCCn1ccc(=O)n(Cc2cccs2)c1=O. The van der Waals surface area contributed by atoms with Crippen LogP contribution in [0.15, 0.2) is 39.4 Å². The van der Waals surface area contributed by atoms with E-state index in [2.05, 4.69) is 0 Å². The maximum Gasteiger partial charge on any atom is 0.331 e. The minimum Gasteiger partial charge on any atom is -0.300 e. The highest BCUT2D eigenvalue weighted by Crippen LogP contribution is 2.08. The summed E-state index contributed by atoms with van der Waals surface area (Å²) in [6.45, 7) is 3.00. The molecule has 0 saturated carbocycles. The molecule has 0 aliphatic rings. The summed E-state index contributed by atoms with van der Waals surface area (Å²) >= 11 is 1.55. The van der Waals surface area contributed by atoms with Crippen LogP contribution in [0.25, 0.3) is 0 Å². The van der Waals surface area contributed by atoms with Crippen molar-refractivity contribution < 1.29 is 0 Å². The minimum atomic E-state index is -0.240. The summed E-state index contributed by atoms with van der Waals surface area (Å²) < 4.78 is 2.86. The van der Waals surface area contributed by atoms with Crippen molar-refractivity contribution in [3.8, 4) is 0 Å². The van der Waals surface area contributed by atoms with Crippen LogP contribution in [-0.2, 0) is 13.1 Å². The third-order valence-corrected chi connectivity index (χ3v) is 3.36. The molecule has 0 aromatic carbocycles. The Balaban J connectivity index is 2.42. The molecule has 0 bridgehead atoms. The molecule has 0 atom stereocenters. The van der Waals surface area contributed by atoms with Crippen molar-refractivity contribution >= 4 is 11.3 Å². The van der Waals surface area contributed by atoms with Crippen molar-refractivity contribution in [1.29, 1.82) is 0 Å². The smallest absolute Gasteiger partial charge is 0.300 e. The molecule has 0 saturated heterocycles. The van der Waals surface area contributed by atoms with Gasteiger partial charge in [0.1, 0.15) is 0 Å². The zero-order chi connectivity index (χ0) is 12.3. The van der Waals surface area contributed by atoms with E-state index in [4.69, 9.17) is 0 Å². The predicted molar refractivity (Wildman–Crippen MR) is 68.7 cm³/mol. The van der Waals surface area contributed by atoms with Gasteiger partial charge >= 0.3 is 5.69 Å². The fraction of sp³-hybridized carbons (Fsp3) is 0.333. The Bertz CT molecular complexity index is 596. The third-order valence-electron chi connectivity index (χ3n) is 2.50. The number of hydrogen-bond donors (Lipinski definition) is 0. The van der Waals surface area contributed by atoms with Crippen LogP contribution in [0.2, 0.25) is 0 Å². The molecule has 4 nitrogen and oxygen atoms in total. The number of rotatable bonds is 4. The summed E-state index contributed by atoms with van der Waals surface area (Å²) in [6, 6.07) is 5.29. The van der Waals surface area contributed by atoms with Crippen molar-refractivity contribution in [2.45, 2.75) is 26.4 Å². The number of thiophene rings is 1. The van der Waals surface area contributed by atoms with E-state index in [1.807, 2.05) is 24.4 Å². The summed E-state index contributed by atoms with van der Waals surface area (Å²) in [4.78, 5) is 24.7. The third kappa shape index (κ3) is 2.55. The van der Waals surface area contributed by atoms with Crippen molar-refractivity contribution in [1.82, 2.24) is 9.13 Å². The summed E-state index contributed by atoms with van der Waals surface area (Å²) in [5, 5.41) is 1.94. The Hall–Kier alpha value is -1.62. The molecule has 2 aromatic heterocycles. The van der Waals surface area contributed by atoms with E-state index >= 15 is 0 Å². The van der Waals surface area contributed by atoms with Crippen molar-refractivity contribution in [3.05, 3.63) is 55.5 Å². The van der Waals surface area contributed by atoms with E-state index in [0.717, 1.165) is 11.3 Å². The lowest BCUT2D eigenvalue weighted by Gasteiger charge is -2.07. The molecule has 90 valence electrons. The summed E-state index contributed by atoms with van der Waals surface area (Å²) in [5.41, 5.74) is -0.469. The second-order valence-electron chi connectivity index (χ2n) is 3.80. The molecule has 5 heteroatoms. The van der Waals surface area contributed by atoms with Crippen LogP contribution >= 0.6 is 11.3 Å². The van der Waals surface area contributed by atoms with Gasteiger partial charge in [-0.25, -0.2) is 4.79 Å². The molecule has 0 N–H and O–H groups in total. The number of nitrogens with zero attached hydrogens (tertiary/aromatic N) is 2. The highest BCUT2D eigenvalue weighted by Gasteiger charge is 2.05. The van der Waals surface area contributed by atoms with Crippen LogP contribution in [0.1, 0.15) is 18.2 Å². The lowest BCUT2D eigenvalue weighted by atomic mass is 10.4. The first-order chi connectivity index (χ1) is 8.22. The zero-order valence-electron chi connectivity index (χ0n) is 9.63. The number of aryl methyl sites for hydroxylation is 1. The quantitative estimate of drug-likeness (QED) is 0.826. The first kappa shape index (κ1) is 11.9.